The molecule has 4 heteroatoms. The van der Waals surface area contributed by atoms with Crippen LogP contribution >= 0.6 is 0 Å². The predicted molar refractivity (Wildman–Crippen MR) is 38.9 cm³/mol. The molecule has 0 bridgehead atoms. The summed E-state index contributed by atoms with van der Waals surface area (Å²) < 4.78 is 0. The van der Waals surface area contributed by atoms with E-state index in [1.54, 1.807) is 12.1 Å². The summed E-state index contributed by atoms with van der Waals surface area (Å²) >= 11 is 0. The second-order valence-corrected chi connectivity index (χ2v) is 2.09. The Kier molecular flexibility index (Phi) is 4.33. The SMILES string of the molecule is Cc1ccc([N+](=O)[O-])cc1.[H-].[Na+]. The number of aryl methyl sites for hydroxylation is 1. The molecule has 1 rings (SSSR count). The minimum absolute atomic E-state index is 0. The van der Waals surface area contributed by atoms with Crippen LogP contribution < -0.4 is 29.6 Å². The van der Waals surface area contributed by atoms with Gasteiger partial charge in [0.05, 0.1) is 4.92 Å². The first-order valence-corrected chi connectivity index (χ1v) is 2.91. The number of nitro benzene ring substituents is 1. The van der Waals surface area contributed by atoms with Crippen LogP contribution in [0.3, 0.4) is 0 Å². The Balaban J connectivity index is 0. The topological polar surface area (TPSA) is 43.1 Å². The molecule has 0 amide bonds. The molecule has 0 unspecified atom stereocenters. The van der Waals surface area contributed by atoms with Crippen LogP contribution in [0.2, 0.25) is 0 Å². The van der Waals surface area contributed by atoms with E-state index < -0.39 is 4.92 Å². The second-order valence-electron chi connectivity index (χ2n) is 2.09. The van der Waals surface area contributed by atoms with E-state index in [1.165, 1.54) is 12.1 Å². The average molecular weight is 161 g/mol. The summed E-state index contributed by atoms with van der Waals surface area (Å²) in [6.45, 7) is 1.89. The van der Waals surface area contributed by atoms with Crippen LogP contribution in [0.4, 0.5) is 5.69 Å². The zero-order valence-corrected chi connectivity index (χ0v) is 8.57. The van der Waals surface area contributed by atoms with Crippen LogP contribution in [0.1, 0.15) is 6.99 Å². The molecular formula is C7H8NNaO2. The summed E-state index contributed by atoms with van der Waals surface area (Å²) in [5.41, 5.74) is 1.18. The average Bonchev–Trinajstić information content (AvgIpc) is 1.88. The number of hydrogen-bond acceptors (Lipinski definition) is 2. The van der Waals surface area contributed by atoms with Crippen LogP contribution in [-0.2, 0) is 0 Å². The molecule has 0 fully saturated rings. The van der Waals surface area contributed by atoms with E-state index >= 15 is 0 Å². The van der Waals surface area contributed by atoms with Gasteiger partial charge in [-0.05, 0) is 6.92 Å². The summed E-state index contributed by atoms with van der Waals surface area (Å²) in [5, 5.41) is 10.1. The third kappa shape index (κ3) is 3.01. The van der Waals surface area contributed by atoms with E-state index in [-0.39, 0.29) is 36.7 Å². The first kappa shape index (κ1) is 10.6. The predicted octanol–water partition coefficient (Wildman–Crippen LogP) is -0.980. The number of non-ortho nitro benzene ring substituents is 1. The zero-order valence-electron chi connectivity index (χ0n) is 7.57. The first-order chi connectivity index (χ1) is 4.70. The molecule has 0 atom stereocenters. The molecule has 3 nitrogen and oxygen atoms in total. The maximum Gasteiger partial charge on any atom is 1.00 e. The van der Waals surface area contributed by atoms with Crippen LogP contribution in [0.5, 0.6) is 0 Å². The van der Waals surface area contributed by atoms with Crippen LogP contribution in [-0.4, -0.2) is 4.92 Å². The fourth-order valence-corrected chi connectivity index (χ4v) is 0.666. The Hall–Kier alpha value is -0.380. The molecule has 0 saturated carbocycles. The van der Waals surface area contributed by atoms with Gasteiger partial charge in [-0.1, -0.05) is 17.7 Å². The second kappa shape index (κ2) is 4.49. The van der Waals surface area contributed by atoms with Crippen LogP contribution in [0.25, 0.3) is 0 Å². The molecule has 1 aromatic carbocycles. The molecule has 0 N–H and O–H groups in total. The zero-order chi connectivity index (χ0) is 7.56. The third-order valence-electron chi connectivity index (χ3n) is 1.24. The fraction of sp³-hybridized carbons (Fsp3) is 0.143. The Morgan fingerprint density at radius 1 is 1.36 bits per heavy atom. The van der Waals surface area contributed by atoms with Gasteiger partial charge in [0, 0.05) is 12.1 Å². The fourth-order valence-electron chi connectivity index (χ4n) is 0.666. The summed E-state index contributed by atoms with van der Waals surface area (Å²) in [6, 6.07) is 6.43. The number of rotatable bonds is 1. The van der Waals surface area contributed by atoms with E-state index in [9.17, 15) is 10.1 Å². The Labute approximate surface area is 88.3 Å². The van der Waals surface area contributed by atoms with Crippen molar-refractivity contribution in [1.82, 2.24) is 0 Å². The molecule has 11 heavy (non-hydrogen) atoms. The van der Waals surface area contributed by atoms with Crippen LogP contribution in [0.15, 0.2) is 24.3 Å². The minimum atomic E-state index is -0.403. The molecule has 54 valence electrons. The van der Waals surface area contributed by atoms with Crippen molar-refractivity contribution in [3.63, 3.8) is 0 Å². The van der Waals surface area contributed by atoms with E-state index in [0.717, 1.165) is 5.56 Å². The van der Waals surface area contributed by atoms with Crippen molar-refractivity contribution in [1.29, 1.82) is 0 Å². The molecule has 0 spiro atoms. The molecule has 0 aromatic heterocycles. The van der Waals surface area contributed by atoms with Gasteiger partial charge in [-0.15, -0.1) is 0 Å². The minimum Gasteiger partial charge on any atom is -1.00 e. The van der Waals surface area contributed by atoms with Gasteiger partial charge in [0.1, 0.15) is 0 Å². The summed E-state index contributed by atoms with van der Waals surface area (Å²) in [7, 11) is 0. The molecule has 0 aliphatic rings. The van der Waals surface area contributed by atoms with Gasteiger partial charge >= 0.3 is 29.6 Å². The third-order valence-corrected chi connectivity index (χ3v) is 1.24. The molecular weight excluding hydrogens is 153 g/mol. The van der Waals surface area contributed by atoms with Gasteiger partial charge in [-0.3, -0.25) is 10.1 Å². The van der Waals surface area contributed by atoms with Crippen molar-refractivity contribution < 1.29 is 35.9 Å². The standard InChI is InChI=1S/C7H7NO2.Na.H/c1-6-2-4-7(5-3-6)8(9)10;;/h2-5H,1H3;;/q;+1;-1. The van der Waals surface area contributed by atoms with Crippen molar-refractivity contribution in [2.75, 3.05) is 0 Å². The van der Waals surface area contributed by atoms with Crippen molar-refractivity contribution in [3.05, 3.63) is 39.9 Å². The summed E-state index contributed by atoms with van der Waals surface area (Å²) in [6.07, 6.45) is 0. The van der Waals surface area contributed by atoms with Crippen molar-refractivity contribution >= 4 is 5.69 Å². The number of hydrogen-bond donors (Lipinski definition) is 0. The maximum absolute atomic E-state index is 10.1. The van der Waals surface area contributed by atoms with Gasteiger partial charge in [0.25, 0.3) is 5.69 Å². The van der Waals surface area contributed by atoms with Gasteiger partial charge < -0.3 is 1.43 Å². The Morgan fingerprint density at radius 3 is 2.18 bits per heavy atom. The maximum atomic E-state index is 10.1. The van der Waals surface area contributed by atoms with Crippen LogP contribution in [0, 0.1) is 17.0 Å². The molecule has 1 aromatic rings. The van der Waals surface area contributed by atoms with E-state index in [0.29, 0.717) is 0 Å². The summed E-state index contributed by atoms with van der Waals surface area (Å²) in [5.74, 6) is 0. The van der Waals surface area contributed by atoms with Gasteiger partial charge in [-0.25, -0.2) is 0 Å². The van der Waals surface area contributed by atoms with E-state index in [1.807, 2.05) is 6.92 Å². The number of nitrogens with zero attached hydrogens (tertiary/aromatic N) is 1. The molecule has 0 radical (unpaired) electrons. The molecule has 0 heterocycles. The first-order valence-electron chi connectivity index (χ1n) is 2.91. The molecule has 0 saturated heterocycles. The van der Waals surface area contributed by atoms with Crippen molar-refractivity contribution in [2.45, 2.75) is 6.92 Å². The largest absolute Gasteiger partial charge is 1.00 e. The smallest absolute Gasteiger partial charge is 1.00 e. The summed E-state index contributed by atoms with van der Waals surface area (Å²) in [4.78, 5) is 9.71. The Bertz CT molecular complexity index is 250. The van der Waals surface area contributed by atoms with Crippen molar-refractivity contribution in [3.8, 4) is 0 Å². The molecule has 0 aliphatic heterocycles. The number of benzene rings is 1. The van der Waals surface area contributed by atoms with E-state index in [4.69, 9.17) is 0 Å². The van der Waals surface area contributed by atoms with Gasteiger partial charge in [-0.2, -0.15) is 0 Å². The normalized spacial score (nSPS) is 8.45. The van der Waals surface area contributed by atoms with Crippen molar-refractivity contribution in [2.24, 2.45) is 0 Å². The molecule has 0 aliphatic carbocycles. The van der Waals surface area contributed by atoms with E-state index in [2.05, 4.69) is 0 Å². The van der Waals surface area contributed by atoms with Gasteiger partial charge in [0.2, 0.25) is 0 Å². The Morgan fingerprint density at radius 2 is 1.82 bits per heavy atom. The number of nitro groups is 1. The quantitative estimate of drug-likeness (QED) is 0.302. The monoisotopic (exact) mass is 161 g/mol. The van der Waals surface area contributed by atoms with Gasteiger partial charge in [0.15, 0.2) is 0 Å².